The summed E-state index contributed by atoms with van der Waals surface area (Å²) >= 11 is 12.0. The number of halogens is 2. The zero-order chi connectivity index (χ0) is 23.3. The molecule has 166 valence electrons. The number of benzene rings is 3. The molecular weight excluding hydrogens is 558 g/mol. The number of hydrazine groups is 1. The first-order valence-electron chi connectivity index (χ1n) is 9.75. The van der Waals surface area contributed by atoms with E-state index in [1.807, 2.05) is 36.4 Å². The van der Waals surface area contributed by atoms with Crippen LogP contribution in [0.1, 0.15) is 35.7 Å². The van der Waals surface area contributed by atoms with Gasteiger partial charge in [-0.3, -0.25) is 25.8 Å². The van der Waals surface area contributed by atoms with E-state index in [-0.39, 0.29) is 17.6 Å². The quantitative estimate of drug-likeness (QED) is 0.286. The average Bonchev–Trinajstić information content (AvgIpc) is 2.77. The Morgan fingerprint density at radius 1 is 1.00 bits per heavy atom. The van der Waals surface area contributed by atoms with E-state index in [0.29, 0.717) is 17.2 Å². The SMILES string of the molecule is CC(C)c1ccc(C(=O)NC(=S)NNC(=O)COc2ccc3cc(Br)ccc3c2Br)cc1. The highest BCUT2D eigenvalue weighted by Crippen LogP contribution is 2.34. The summed E-state index contributed by atoms with van der Waals surface area (Å²) in [6.45, 7) is 3.93. The number of rotatable bonds is 5. The highest BCUT2D eigenvalue weighted by atomic mass is 79.9. The van der Waals surface area contributed by atoms with E-state index in [1.165, 1.54) is 0 Å². The van der Waals surface area contributed by atoms with Crippen molar-refractivity contribution in [3.8, 4) is 5.75 Å². The van der Waals surface area contributed by atoms with Crippen LogP contribution in [0.15, 0.2) is 63.5 Å². The minimum Gasteiger partial charge on any atom is -0.483 e. The molecule has 3 rings (SSSR count). The van der Waals surface area contributed by atoms with Crippen LogP contribution in [0.2, 0.25) is 0 Å². The summed E-state index contributed by atoms with van der Waals surface area (Å²) in [6, 6.07) is 16.9. The fourth-order valence-corrected chi connectivity index (χ4v) is 4.02. The maximum atomic E-state index is 12.3. The Morgan fingerprint density at radius 2 is 1.72 bits per heavy atom. The van der Waals surface area contributed by atoms with Gasteiger partial charge in [0.25, 0.3) is 11.8 Å². The van der Waals surface area contributed by atoms with E-state index >= 15 is 0 Å². The van der Waals surface area contributed by atoms with E-state index in [1.54, 1.807) is 18.2 Å². The molecule has 0 bridgehead atoms. The van der Waals surface area contributed by atoms with Crippen molar-refractivity contribution in [2.45, 2.75) is 19.8 Å². The van der Waals surface area contributed by atoms with E-state index < -0.39 is 5.91 Å². The fraction of sp³-hybridized carbons (Fsp3) is 0.174. The Hall–Kier alpha value is -2.49. The van der Waals surface area contributed by atoms with Crippen molar-refractivity contribution < 1.29 is 14.3 Å². The summed E-state index contributed by atoms with van der Waals surface area (Å²) in [7, 11) is 0. The van der Waals surface area contributed by atoms with Gasteiger partial charge in [0.1, 0.15) is 5.75 Å². The van der Waals surface area contributed by atoms with Crippen molar-refractivity contribution in [2.24, 2.45) is 0 Å². The van der Waals surface area contributed by atoms with Gasteiger partial charge in [-0.25, -0.2) is 0 Å². The molecule has 0 spiro atoms. The Bertz CT molecular complexity index is 1170. The molecule has 32 heavy (non-hydrogen) atoms. The molecule has 3 aromatic carbocycles. The van der Waals surface area contributed by atoms with Gasteiger partial charge in [-0.05, 0) is 80.7 Å². The normalized spacial score (nSPS) is 10.7. The van der Waals surface area contributed by atoms with E-state index in [0.717, 1.165) is 25.3 Å². The van der Waals surface area contributed by atoms with Crippen LogP contribution < -0.4 is 20.9 Å². The largest absolute Gasteiger partial charge is 0.483 e. The zero-order valence-electron chi connectivity index (χ0n) is 17.4. The van der Waals surface area contributed by atoms with E-state index in [4.69, 9.17) is 17.0 Å². The molecule has 0 aliphatic carbocycles. The smallest absolute Gasteiger partial charge is 0.276 e. The molecule has 0 fully saturated rings. The highest BCUT2D eigenvalue weighted by Gasteiger charge is 2.11. The molecule has 0 saturated carbocycles. The first kappa shape index (κ1) is 24.2. The maximum absolute atomic E-state index is 12.3. The summed E-state index contributed by atoms with van der Waals surface area (Å²) in [5.41, 5.74) is 6.52. The first-order valence-corrected chi connectivity index (χ1v) is 11.7. The number of amides is 2. The van der Waals surface area contributed by atoms with Gasteiger partial charge < -0.3 is 4.74 Å². The second-order valence-electron chi connectivity index (χ2n) is 7.26. The van der Waals surface area contributed by atoms with Crippen LogP contribution in [-0.4, -0.2) is 23.5 Å². The predicted octanol–water partition coefficient (Wildman–Crippen LogP) is 5.20. The monoisotopic (exact) mass is 577 g/mol. The first-order chi connectivity index (χ1) is 15.2. The number of thiocarbonyl (C=S) groups is 1. The molecule has 0 saturated heterocycles. The lowest BCUT2D eigenvalue weighted by Crippen LogP contribution is -2.49. The molecule has 3 N–H and O–H groups in total. The third kappa shape index (κ3) is 6.27. The molecular formula is C23H21Br2N3O3S. The van der Waals surface area contributed by atoms with Gasteiger partial charge in [-0.15, -0.1) is 0 Å². The van der Waals surface area contributed by atoms with Gasteiger partial charge in [0.2, 0.25) is 0 Å². The van der Waals surface area contributed by atoms with Crippen LogP contribution in [0.4, 0.5) is 0 Å². The summed E-state index contributed by atoms with van der Waals surface area (Å²) < 4.78 is 7.35. The number of nitrogens with one attached hydrogen (secondary N) is 3. The number of carbonyl (C=O) groups excluding carboxylic acids is 2. The topological polar surface area (TPSA) is 79.5 Å². The molecule has 0 radical (unpaired) electrons. The lowest BCUT2D eigenvalue weighted by atomic mass is 10.0. The molecule has 9 heteroatoms. The van der Waals surface area contributed by atoms with E-state index in [9.17, 15) is 9.59 Å². The molecule has 0 aliphatic rings. The van der Waals surface area contributed by atoms with Crippen molar-refractivity contribution in [3.63, 3.8) is 0 Å². The van der Waals surface area contributed by atoms with Crippen LogP contribution in [0.5, 0.6) is 5.75 Å². The molecule has 3 aromatic rings. The molecule has 0 atom stereocenters. The second-order valence-corrected chi connectivity index (χ2v) is 9.38. The molecule has 0 aliphatic heterocycles. The third-order valence-electron chi connectivity index (χ3n) is 4.62. The van der Waals surface area contributed by atoms with Crippen molar-refractivity contribution in [1.82, 2.24) is 16.2 Å². The van der Waals surface area contributed by atoms with Crippen LogP contribution in [-0.2, 0) is 4.79 Å². The van der Waals surface area contributed by atoms with Gasteiger partial charge in [0.05, 0.1) is 4.47 Å². The molecule has 0 heterocycles. The minimum atomic E-state index is -0.453. The lowest BCUT2D eigenvalue weighted by Gasteiger charge is -2.13. The Balaban J connectivity index is 1.48. The number of carbonyl (C=O) groups is 2. The van der Waals surface area contributed by atoms with Crippen molar-refractivity contribution in [1.29, 1.82) is 0 Å². The van der Waals surface area contributed by atoms with Crippen LogP contribution in [0, 0.1) is 0 Å². The molecule has 0 aromatic heterocycles. The number of hydrogen-bond acceptors (Lipinski definition) is 4. The number of fused-ring (bicyclic) bond motifs is 1. The third-order valence-corrected chi connectivity index (χ3v) is 6.14. The van der Waals surface area contributed by atoms with Gasteiger partial charge in [-0.2, -0.15) is 0 Å². The van der Waals surface area contributed by atoms with Crippen molar-refractivity contribution in [3.05, 3.63) is 74.7 Å². The lowest BCUT2D eigenvalue weighted by molar-refractivity contribution is -0.123. The summed E-state index contributed by atoms with van der Waals surface area (Å²) in [5, 5.41) is 4.50. The predicted molar refractivity (Wildman–Crippen MR) is 137 cm³/mol. The number of hydrogen-bond donors (Lipinski definition) is 3. The van der Waals surface area contributed by atoms with Crippen molar-refractivity contribution in [2.75, 3.05) is 6.61 Å². The minimum absolute atomic E-state index is 0.0197. The van der Waals surface area contributed by atoms with Crippen molar-refractivity contribution >= 4 is 71.8 Å². The molecule has 6 nitrogen and oxygen atoms in total. The maximum Gasteiger partial charge on any atom is 0.276 e. The van der Waals surface area contributed by atoms with Crippen LogP contribution in [0.3, 0.4) is 0 Å². The van der Waals surface area contributed by atoms with Gasteiger partial charge in [0, 0.05) is 10.0 Å². The van der Waals surface area contributed by atoms with Gasteiger partial charge in [-0.1, -0.05) is 54.0 Å². The fourth-order valence-electron chi connectivity index (χ4n) is 2.89. The van der Waals surface area contributed by atoms with Gasteiger partial charge in [0.15, 0.2) is 11.7 Å². The Labute approximate surface area is 208 Å². The standard InChI is InChI=1S/C23H21Br2N3O3S/c1-13(2)14-3-5-15(6-4-14)22(30)26-23(32)28-27-20(29)12-31-19-10-7-16-11-17(24)8-9-18(16)21(19)25/h3-11,13H,12H2,1-2H3,(H,27,29)(H2,26,28,30,32). The highest BCUT2D eigenvalue weighted by molar-refractivity contribution is 9.11. The average molecular weight is 579 g/mol. The van der Waals surface area contributed by atoms with E-state index in [2.05, 4.69) is 61.9 Å². The molecule has 0 unspecified atom stereocenters. The summed E-state index contributed by atoms with van der Waals surface area (Å²) in [4.78, 5) is 24.4. The van der Waals surface area contributed by atoms with Gasteiger partial charge >= 0.3 is 0 Å². The zero-order valence-corrected chi connectivity index (χ0v) is 21.4. The summed E-state index contributed by atoms with van der Waals surface area (Å²) in [5.74, 6) is 0.0982. The number of ether oxygens (including phenoxy) is 1. The van der Waals surface area contributed by atoms with Crippen LogP contribution in [0.25, 0.3) is 10.8 Å². The van der Waals surface area contributed by atoms with Crippen LogP contribution >= 0.6 is 44.1 Å². The Kier molecular flexibility index (Phi) is 8.22. The summed E-state index contributed by atoms with van der Waals surface area (Å²) in [6.07, 6.45) is 0. The second kappa shape index (κ2) is 10.9. The molecule has 2 amide bonds. The Morgan fingerprint density at radius 3 is 2.41 bits per heavy atom.